The fourth-order valence-corrected chi connectivity index (χ4v) is 9.80. The van der Waals surface area contributed by atoms with E-state index in [1.54, 1.807) is 0 Å². The van der Waals surface area contributed by atoms with E-state index in [0.29, 0.717) is 24.2 Å². The van der Waals surface area contributed by atoms with Gasteiger partial charge in [0.15, 0.2) is 0 Å². The normalized spacial score (nSPS) is 20.4. The molecule has 4 atom stereocenters. The van der Waals surface area contributed by atoms with E-state index >= 15 is 0 Å². The van der Waals surface area contributed by atoms with Crippen LogP contribution in [0.4, 0.5) is 0 Å². The van der Waals surface area contributed by atoms with Crippen LogP contribution < -0.4 is 21.3 Å². The van der Waals surface area contributed by atoms with Gasteiger partial charge < -0.3 is 10.6 Å². The summed E-state index contributed by atoms with van der Waals surface area (Å²) in [4.78, 5) is 0. The van der Waals surface area contributed by atoms with E-state index in [-0.39, 0.29) is 0 Å². The van der Waals surface area contributed by atoms with Gasteiger partial charge in [-0.3, -0.25) is 10.6 Å². The van der Waals surface area contributed by atoms with Crippen LogP contribution in [0.3, 0.4) is 0 Å². The Morgan fingerprint density at radius 1 is 0.304 bits per heavy atom. The third-order valence-corrected chi connectivity index (χ3v) is 12.5. The van der Waals surface area contributed by atoms with Crippen LogP contribution in [0, 0.1) is 0 Å². The smallest absolute Gasteiger partial charge is 0.0950 e. The van der Waals surface area contributed by atoms with Crippen molar-refractivity contribution in [3.63, 3.8) is 0 Å². The van der Waals surface area contributed by atoms with Gasteiger partial charge in [0.1, 0.15) is 0 Å². The largest absolute Gasteiger partial charge is 0.311 e. The van der Waals surface area contributed by atoms with E-state index < -0.39 is 11.1 Å². The zero-order chi connectivity index (χ0) is 37.9. The summed E-state index contributed by atoms with van der Waals surface area (Å²) < 4.78 is 0. The molecule has 8 rings (SSSR count). The minimum atomic E-state index is -0.465. The number of nitrogens with one attached hydrogen (secondary N) is 4. The van der Waals surface area contributed by atoms with E-state index in [1.165, 1.54) is 71.9 Å². The van der Waals surface area contributed by atoms with Gasteiger partial charge >= 0.3 is 0 Å². The van der Waals surface area contributed by atoms with Gasteiger partial charge in [-0.25, -0.2) is 0 Å². The highest BCUT2D eigenvalue weighted by atomic mass is 15.1. The Hall–Kier alpha value is -4.84. The highest BCUT2D eigenvalue weighted by Crippen LogP contribution is 2.40. The first-order valence-electron chi connectivity index (χ1n) is 21.1. The minimum absolute atomic E-state index is 0.316. The van der Waals surface area contributed by atoms with E-state index in [4.69, 9.17) is 0 Å². The van der Waals surface area contributed by atoms with E-state index in [0.717, 1.165) is 25.9 Å². The molecule has 0 radical (unpaired) electrons. The molecule has 4 nitrogen and oxygen atoms in total. The van der Waals surface area contributed by atoms with Crippen LogP contribution in [0.1, 0.15) is 84.7 Å². The Bertz CT molecular complexity index is 1680. The summed E-state index contributed by atoms with van der Waals surface area (Å²) in [6.07, 6.45) is 9.64. The number of benzene rings is 6. The first-order valence-corrected chi connectivity index (χ1v) is 21.1. The zero-order valence-electron chi connectivity index (χ0n) is 32.7. The maximum Gasteiger partial charge on any atom is 0.0950 e. The van der Waals surface area contributed by atoms with Crippen LogP contribution in [0.2, 0.25) is 0 Å². The second kappa shape index (κ2) is 18.4. The lowest BCUT2D eigenvalue weighted by Crippen LogP contribution is -2.59. The SMILES string of the molecule is c1ccc(C(N[C@H]2CCCCC2NCCN[C@@H]2CCCC[C@@H]2NC(c2ccccc2)(c2ccccc2)c2ccccc2)(c2ccccc2)c2ccccc2)cc1. The molecule has 4 N–H and O–H groups in total. The van der Waals surface area contributed by atoms with Crippen LogP contribution in [0.25, 0.3) is 0 Å². The molecule has 2 aliphatic rings. The van der Waals surface area contributed by atoms with Crippen LogP contribution in [0.5, 0.6) is 0 Å². The van der Waals surface area contributed by atoms with Gasteiger partial charge in [-0.05, 0) is 59.1 Å². The van der Waals surface area contributed by atoms with Gasteiger partial charge in [0.2, 0.25) is 0 Å². The van der Waals surface area contributed by atoms with Gasteiger partial charge in [0.25, 0.3) is 0 Å². The average molecular weight is 739 g/mol. The predicted molar refractivity (Wildman–Crippen MR) is 233 cm³/mol. The summed E-state index contributed by atoms with van der Waals surface area (Å²) in [6, 6.07) is 67.8. The lowest BCUT2D eigenvalue weighted by molar-refractivity contribution is 0.234. The Morgan fingerprint density at radius 2 is 0.518 bits per heavy atom. The van der Waals surface area contributed by atoms with Gasteiger partial charge in [-0.15, -0.1) is 0 Å². The number of rotatable bonds is 15. The average Bonchev–Trinajstić information content (AvgIpc) is 3.29. The van der Waals surface area contributed by atoms with Crippen LogP contribution in [-0.2, 0) is 11.1 Å². The summed E-state index contributed by atoms with van der Waals surface area (Å²) in [5.74, 6) is 0. The van der Waals surface area contributed by atoms with E-state index in [1.807, 2.05) is 0 Å². The summed E-state index contributed by atoms with van der Waals surface area (Å²) in [5.41, 5.74) is 6.72. The number of hydrogen-bond donors (Lipinski definition) is 4. The molecular formula is C52H58N4. The van der Waals surface area contributed by atoms with Crippen LogP contribution >= 0.6 is 0 Å². The van der Waals surface area contributed by atoms with Gasteiger partial charge in [0, 0.05) is 37.3 Å². The Morgan fingerprint density at radius 3 is 0.750 bits per heavy atom. The topological polar surface area (TPSA) is 48.1 Å². The van der Waals surface area contributed by atoms with Crippen molar-refractivity contribution in [1.29, 1.82) is 0 Å². The van der Waals surface area contributed by atoms with Crippen molar-refractivity contribution in [2.45, 2.75) is 86.6 Å². The maximum atomic E-state index is 4.35. The van der Waals surface area contributed by atoms with Gasteiger partial charge in [-0.2, -0.15) is 0 Å². The zero-order valence-corrected chi connectivity index (χ0v) is 32.7. The first kappa shape index (κ1) is 38.1. The summed E-state index contributed by atoms with van der Waals surface area (Å²) >= 11 is 0. The molecule has 2 aliphatic carbocycles. The molecule has 4 heteroatoms. The molecule has 0 heterocycles. The van der Waals surface area contributed by atoms with Crippen molar-refractivity contribution in [2.24, 2.45) is 0 Å². The Kier molecular flexibility index (Phi) is 12.5. The molecule has 0 aliphatic heterocycles. The van der Waals surface area contributed by atoms with Crippen molar-refractivity contribution in [3.8, 4) is 0 Å². The van der Waals surface area contributed by atoms with E-state index in [9.17, 15) is 0 Å². The quantitative estimate of drug-likeness (QED) is 0.0626. The molecule has 6 aromatic carbocycles. The molecule has 286 valence electrons. The maximum absolute atomic E-state index is 4.35. The van der Waals surface area contributed by atoms with E-state index in [2.05, 4.69) is 203 Å². The lowest BCUT2D eigenvalue weighted by Gasteiger charge is -2.44. The molecule has 6 aromatic rings. The summed E-state index contributed by atoms with van der Waals surface area (Å²) in [7, 11) is 0. The minimum Gasteiger partial charge on any atom is -0.311 e. The monoisotopic (exact) mass is 738 g/mol. The lowest BCUT2D eigenvalue weighted by atomic mass is 9.75. The number of hydrogen-bond acceptors (Lipinski definition) is 4. The van der Waals surface area contributed by atoms with Gasteiger partial charge in [0.05, 0.1) is 11.1 Å². The Balaban J connectivity index is 1.01. The molecule has 2 fully saturated rings. The summed E-state index contributed by atoms with van der Waals surface area (Å²) in [5, 5.41) is 16.9. The predicted octanol–water partition coefficient (Wildman–Crippen LogP) is 9.95. The molecule has 0 bridgehead atoms. The molecule has 0 saturated heterocycles. The summed E-state index contributed by atoms with van der Waals surface area (Å²) in [6.45, 7) is 1.87. The van der Waals surface area contributed by atoms with Crippen molar-refractivity contribution in [1.82, 2.24) is 21.3 Å². The van der Waals surface area contributed by atoms with Crippen molar-refractivity contribution in [2.75, 3.05) is 13.1 Å². The molecule has 2 saturated carbocycles. The van der Waals surface area contributed by atoms with Crippen molar-refractivity contribution < 1.29 is 0 Å². The fraction of sp³-hybridized carbons (Fsp3) is 0.308. The molecule has 0 aromatic heterocycles. The molecular weight excluding hydrogens is 681 g/mol. The third-order valence-electron chi connectivity index (χ3n) is 12.5. The standard InChI is InChI=1S/C52H58N4/c1-7-23-41(24-8-1)51(42-25-9-2-10-26-42,43-27-11-3-12-28-43)55-49-37-21-19-35-47(49)53-39-40-54-48-36-20-22-38-50(48)56-52(44-29-13-4-14-30-44,45-31-15-5-16-32-45)46-33-17-6-18-34-46/h1-18,23-34,47-50,53-56H,19-22,35-40H2/t47-,48?,49+,50+/m1/s1. The molecule has 0 amide bonds. The fourth-order valence-electron chi connectivity index (χ4n) is 9.80. The third kappa shape index (κ3) is 8.17. The van der Waals surface area contributed by atoms with Crippen molar-refractivity contribution >= 4 is 0 Å². The highest BCUT2D eigenvalue weighted by molar-refractivity contribution is 5.51. The second-order valence-corrected chi connectivity index (χ2v) is 15.9. The van der Waals surface area contributed by atoms with Crippen LogP contribution in [0.15, 0.2) is 182 Å². The molecule has 1 unspecified atom stereocenters. The molecule has 56 heavy (non-hydrogen) atoms. The highest BCUT2D eigenvalue weighted by Gasteiger charge is 2.42. The second-order valence-electron chi connectivity index (χ2n) is 15.9. The van der Waals surface area contributed by atoms with Crippen LogP contribution in [-0.4, -0.2) is 37.3 Å². The van der Waals surface area contributed by atoms with Gasteiger partial charge in [-0.1, -0.05) is 208 Å². The first-order chi connectivity index (χ1) is 27.8. The van der Waals surface area contributed by atoms with Crippen molar-refractivity contribution in [3.05, 3.63) is 215 Å². The molecule has 0 spiro atoms. The Labute approximate surface area is 335 Å².